The highest BCUT2D eigenvalue weighted by molar-refractivity contribution is 7.15. The van der Waals surface area contributed by atoms with Crippen molar-refractivity contribution in [2.24, 2.45) is 5.92 Å². The number of likely N-dealkylation sites (tertiary alicyclic amines) is 1. The lowest BCUT2D eigenvalue weighted by molar-refractivity contribution is -0.130. The summed E-state index contributed by atoms with van der Waals surface area (Å²) in [6, 6.07) is 4.44. The number of benzene rings is 1. The van der Waals surface area contributed by atoms with Crippen molar-refractivity contribution in [3.63, 3.8) is 0 Å². The van der Waals surface area contributed by atoms with Gasteiger partial charge in [-0.3, -0.25) is 14.2 Å². The smallest absolute Gasteiger partial charge is 0.263 e. The minimum absolute atomic E-state index is 0.0283. The Morgan fingerprint density at radius 1 is 1.44 bits per heavy atom. The summed E-state index contributed by atoms with van der Waals surface area (Å²) in [6.45, 7) is 3.50. The second kappa shape index (κ2) is 7.05. The molecule has 0 saturated carbocycles. The molecule has 1 aliphatic rings. The van der Waals surface area contributed by atoms with E-state index < -0.39 is 5.82 Å². The summed E-state index contributed by atoms with van der Waals surface area (Å²) >= 11 is 7.07. The van der Waals surface area contributed by atoms with Crippen molar-refractivity contribution in [2.45, 2.75) is 19.9 Å². The van der Waals surface area contributed by atoms with Gasteiger partial charge in [0.1, 0.15) is 12.4 Å². The van der Waals surface area contributed by atoms with Gasteiger partial charge in [0.2, 0.25) is 5.91 Å². The fourth-order valence-electron chi connectivity index (χ4n) is 3.35. The number of hydrogen-bond donors (Lipinski definition) is 0. The molecule has 0 N–H and O–H groups in total. The molecule has 0 bridgehead atoms. The van der Waals surface area contributed by atoms with Crippen molar-refractivity contribution in [2.75, 3.05) is 13.1 Å². The molecule has 1 amide bonds. The summed E-state index contributed by atoms with van der Waals surface area (Å²) in [5.74, 6) is -0.148. The monoisotopic (exact) mass is 405 g/mol. The fraction of sp³-hybridized carbons (Fsp3) is 0.316. The van der Waals surface area contributed by atoms with Gasteiger partial charge in [0.15, 0.2) is 0 Å². The zero-order valence-corrected chi connectivity index (χ0v) is 16.2. The molecule has 5 nitrogen and oxygen atoms in total. The fourth-order valence-corrected chi connectivity index (χ4v) is 4.45. The third kappa shape index (κ3) is 3.37. The second-order valence-corrected chi connectivity index (χ2v) is 8.15. The van der Waals surface area contributed by atoms with Crippen LogP contribution in [0.3, 0.4) is 0 Å². The van der Waals surface area contributed by atoms with Crippen LogP contribution in [0.1, 0.15) is 13.3 Å². The minimum atomic E-state index is -0.543. The molecule has 1 unspecified atom stereocenters. The third-order valence-electron chi connectivity index (χ3n) is 4.85. The standard InChI is InChI=1S/C19H17ClFN3O2S/c1-11-4-5-23(7-11)16(25)8-24-10-22-15-9-27-18(17(15)19(24)26)12-2-3-13(20)14(21)6-12/h2-3,6,9-11H,4-5,7-8H2,1H3. The average molecular weight is 406 g/mol. The zero-order valence-electron chi connectivity index (χ0n) is 14.6. The largest absolute Gasteiger partial charge is 0.341 e. The molecule has 2 aromatic heterocycles. The maximum Gasteiger partial charge on any atom is 0.263 e. The Labute approximate surface area is 164 Å². The van der Waals surface area contributed by atoms with Gasteiger partial charge in [0, 0.05) is 23.3 Å². The van der Waals surface area contributed by atoms with Crippen molar-refractivity contribution in [1.29, 1.82) is 0 Å². The topological polar surface area (TPSA) is 55.2 Å². The first-order valence-corrected chi connectivity index (χ1v) is 9.89. The van der Waals surface area contributed by atoms with E-state index in [0.29, 0.717) is 27.3 Å². The molecule has 0 spiro atoms. The number of thiophene rings is 1. The molecule has 0 radical (unpaired) electrons. The first-order chi connectivity index (χ1) is 12.9. The van der Waals surface area contributed by atoms with Crippen molar-refractivity contribution in [3.8, 4) is 10.4 Å². The van der Waals surface area contributed by atoms with Crippen molar-refractivity contribution >= 4 is 39.7 Å². The van der Waals surface area contributed by atoms with Crippen LogP contribution in [0, 0.1) is 11.7 Å². The summed E-state index contributed by atoms with van der Waals surface area (Å²) in [6.07, 6.45) is 2.38. The van der Waals surface area contributed by atoms with E-state index in [-0.39, 0.29) is 23.0 Å². The Morgan fingerprint density at radius 3 is 2.96 bits per heavy atom. The van der Waals surface area contributed by atoms with Gasteiger partial charge in [-0.15, -0.1) is 11.3 Å². The van der Waals surface area contributed by atoms with Gasteiger partial charge in [0.05, 0.1) is 22.3 Å². The number of carbonyl (C=O) groups excluding carboxylic acids is 1. The molecule has 1 aromatic carbocycles. The predicted molar refractivity (Wildman–Crippen MR) is 105 cm³/mol. The van der Waals surface area contributed by atoms with Crippen molar-refractivity contribution < 1.29 is 9.18 Å². The van der Waals surface area contributed by atoms with Crippen LogP contribution < -0.4 is 5.56 Å². The van der Waals surface area contributed by atoms with Crippen LogP contribution in [0.2, 0.25) is 5.02 Å². The van der Waals surface area contributed by atoms with Gasteiger partial charge in [-0.05, 0) is 30.0 Å². The molecule has 140 valence electrons. The molecule has 0 aliphatic carbocycles. The van der Waals surface area contributed by atoms with Crippen LogP contribution in [-0.4, -0.2) is 33.4 Å². The summed E-state index contributed by atoms with van der Waals surface area (Å²) in [5, 5.41) is 2.18. The molecular formula is C19H17ClFN3O2S. The molecule has 8 heteroatoms. The summed E-state index contributed by atoms with van der Waals surface area (Å²) in [5.41, 5.74) is 0.800. The Balaban J connectivity index is 1.72. The number of amides is 1. The Kier molecular flexibility index (Phi) is 4.74. The van der Waals surface area contributed by atoms with E-state index in [2.05, 4.69) is 11.9 Å². The van der Waals surface area contributed by atoms with Gasteiger partial charge in [-0.2, -0.15) is 0 Å². The molecule has 1 fully saturated rings. The van der Waals surface area contributed by atoms with Crippen LogP contribution in [0.5, 0.6) is 0 Å². The average Bonchev–Trinajstić information content (AvgIpc) is 3.26. The second-order valence-electron chi connectivity index (χ2n) is 6.87. The quantitative estimate of drug-likeness (QED) is 0.666. The summed E-state index contributed by atoms with van der Waals surface area (Å²) in [4.78, 5) is 32.2. The third-order valence-corrected chi connectivity index (χ3v) is 6.17. The normalized spacial score (nSPS) is 17.0. The van der Waals surface area contributed by atoms with E-state index in [4.69, 9.17) is 11.6 Å². The predicted octanol–water partition coefficient (Wildman–Crippen LogP) is 3.79. The Hall–Kier alpha value is -2.25. The molecule has 1 saturated heterocycles. The molecule has 3 aromatic rings. The van der Waals surface area contributed by atoms with E-state index >= 15 is 0 Å². The first-order valence-electron chi connectivity index (χ1n) is 8.64. The van der Waals surface area contributed by atoms with E-state index in [0.717, 1.165) is 19.5 Å². The number of aromatic nitrogens is 2. The first kappa shape index (κ1) is 18.1. The lowest BCUT2D eigenvalue weighted by Gasteiger charge is -2.16. The molecule has 3 heterocycles. The highest BCUT2D eigenvalue weighted by Gasteiger charge is 2.24. The van der Waals surface area contributed by atoms with Crippen LogP contribution >= 0.6 is 22.9 Å². The number of halogens is 2. The van der Waals surface area contributed by atoms with Crippen LogP contribution in [0.15, 0.2) is 34.7 Å². The number of nitrogens with zero attached hydrogens (tertiary/aromatic N) is 3. The van der Waals surface area contributed by atoms with E-state index in [1.807, 2.05) is 0 Å². The van der Waals surface area contributed by atoms with Gasteiger partial charge < -0.3 is 4.90 Å². The SMILES string of the molecule is CC1CCN(C(=O)Cn2cnc3csc(-c4ccc(Cl)c(F)c4)c3c2=O)C1. The van der Waals surface area contributed by atoms with E-state index in [1.54, 1.807) is 16.3 Å². The molecule has 1 atom stereocenters. The Morgan fingerprint density at radius 2 is 2.26 bits per heavy atom. The van der Waals surface area contributed by atoms with Gasteiger partial charge in [-0.25, -0.2) is 9.37 Å². The highest BCUT2D eigenvalue weighted by Crippen LogP contribution is 2.33. The summed E-state index contributed by atoms with van der Waals surface area (Å²) in [7, 11) is 0. The van der Waals surface area contributed by atoms with Crippen LogP contribution in [0.25, 0.3) is 21.3 Å². The van der Waals surface area contributed by atoms with Crippen molar-refractivity contribution in [1.82, 2.24) is 14.5 Å². The number of rotatable bonds is 3. The van der Waals surface area contributed by atoms with E-state index in [1.165, 1.54) is 34.4 Å². The van der Waals surface area contributed by atoms with E-state index in [9.17, 15) is 14.0 Å². The maximum atomic E-state index is 13.9. The number of fused-ring (bicyclic) bond motifs is 1. The van der Waals surface area contributed by atoms with Gasteiger partial charge >= 0.3 is 0 Å². The number of hydrogen-bond acceptors (Lipinski definition) is 4. The zero-order chi connectivity index (χ0) is 19.1. The van der Waals surface area contributed by atoms with Crippen LogP contribution in [-0.2, 0) is 11.3 Å². The summed E-state index contributed by atoms with van der Waals surface area (Å²) < 4.78 is 15.2. The highest BCUT2D eigenvalue weighted by atomic mass is 35.5. The molecule has 1 aliphatic heterocycles. The van der Waals surface area contributed by atoms with Gasteiger partial charge in [-0.1, -0.05) is 24.6 Å². The minimum Gasteiger partial charge on any atom is -0.341 e. The molecule has 4 rings (SSSR count). The molecule has 27 heavy (non-hydrogen) atoms. The van der Waals surface area contributed by atoms with Gasteiger partial charge in [0.25, 0.3) is 5.56 Å². The lowest BCUT2D eigenvalue weighted by Crippen LogP contribution is -2.35. The van der Waals surface area contributed by atoms with Crippen molar-refractivity contribution in [3.05, 3.63) is 51.1 Å². The maximum absolute atomic E-state index is 13.9. The molecular weight excluding hydrogens is 389 g/mol. The lowest BCUT2D eigenvalue weighted by atomic mass is 10.1. The number of carbonyl (C=O) groups is 1. The van der Waals surface area contributed by atoms with Crippen LogP contribution in [0.4, 0.5) is 4.39 Å². The Bertz CT molecular complexity index is 1090.